The molecule has 1 rings (SSSR count). The van der Waals surface area contributed by atoms with Gasteiger partial charge in [-0.25, -0.2) is 4.39 Å². The Morgan fingerprint density at radius 2 is 2.05 bits per heavy atom. The SMILES string of the molecule is CC/C(=C/c1ccc(F)c(C(F)(F)F)c1)CNCCOC. The molecule has 0 heterocycles. The molecule has 0 aromatic heterocycles. The molecule has 0 fully saturated rings. The molecule has 1 aromatic carbocycles. The first-order valence-electron chi connectivity index (χ1n) is 6.64. The van der Waals surface area contributed by atoms with E-state index in [1.807, 2.05) is 6.92 Å². The van der Waals surface area contributed by atoms with Gasteiger partial charge in [0.15, 0.2) is 0 Å². The molecule has 0 saturated heterocycles. The van der Waals surface area contributed by atoms with Crippen molar-refractivity contribution in [3.8, 4) is 0 Å². The molecule has 0 bridgehead atoms. The van der Waals surface area contributed by atoms with Crippen LogP contribution in [0.2, 0.25) is 0 Å². The van der Waals surface area contributed by atoms with Crippen LogP contribution in [0, 0.1) is 5.82 Å². The Balaban J connectivity index is 2.86. The normalized spacial score (nSPS) is 12.8. The average molecular weight is 305 g/mol. The average Bonchev–Trinajstić information content (AvgIpc) is 2.42. The fourth-order valence-electron chi connectivity index (χ4n) is 1.79. The number of halogens is 4. The van der Waals surface area contributed by atoms with Gasteiger partial charge in [0.2, 0.25) is 0 Å². The maximum atomic E-state index is 13.2. The first-order chi connectivity index (χ1) is 9.88. The van der Waals surface area contributed by atoms with E-state index in [9.17, 15) is 17.6 Å². The van der Waals surface area contributed by atoms with Gasteiger partial charge in [0.05, 0.1) is 12.2 Å². The Morgan fingerprint density at radius 3 is 2.62 bits per heavy atom. The Labute approximate surface area is 121 Å². The first kappa shape index (κ1) is 17.7. The van der Waals surface area contributed by atoms with Crippen molar-refractivity contribution >= 4 is 6.08 Å². The van der Waals surface area contributed by atoms with Crippen molar-refractivity contribution in [3.63, 3.8) is 0 Å². The summed E-state index contributed by atoms with van der Waals surface area (Å²) in [4.78, 5) is 0. The van der Waals surface area contributed by atoms with Crippen LogP contribution in [0.5, 0.6) is 0 Å². The number of rotatable bonds is 7. The number of hydrogen-bond acceptors (Lipinski definition) is 2. The van der Waals surface area contributed by atoms with Crippen LogP contribution in [-0.2, 0) is 10.9 Å². The predicted molar refractivity (Wildman–Crippen MR) is 74.4 cm³/mol. The quantitative estimate of drug-likeness (QED) is 0.610. The third-order valence-corrected chi connectivity index (χ3v) is 2.96. The largest absolute Gasteiger partial charge is 0.419 e. The Bertz CT molecular complexity index is 483. The molecular formula is C15H19F4NO. The minimum Gasteiger partial charge on any atom is -0.383 e. The molecule has 0 radical (unpaired) electrons. The molecule has 0 spiro atoms. The third kappa shape index (κ3) is 5.85. The van der Waals surface area contributed by atoms with Crippen molar-refractivity contribution in [1.82, 2.24) is 5.32 Å². The van der Waals surface area contributed by atoms with E-state index in [0.29, 0.717) is 31.7 Å². The van der Waals surface area contributed by atoms with Crippen molar-refractivity contribution in [2.75, 3.05) is 26.8 Å². The van der Waals surface area contributed by atoms with E-state index in [1.54, 1.807) is 13.2 Å². The fraction of sp³-hybridized carbons (Fsp3) is 0.467. The summed E-state index contributed by atoms with van der Waals surface area (Å²) in [6.07, 6.45) is -2.34. The molecule has 1 N–H and O–H groups in total. The van der Waals surface area contributed by atoms with Gasteiger partial charge in [-0.2, -0.15) is 13.2 Å². The number of benzene rings is 1. The van der Waals surface area contributed by atoms with Crippen LogP contribution in [0.15, 0.2) is 23.8 Å². The number of methoxy groups -OCH3 is 1. The number of ether oxygens (including phenoxy) is 1. The van der Waals surface area contributed by atoms with Crippen LogP contribution < -0.4 is 5.32 Å². The van der Waals surface area contributed by atoms with Crippen molar-refractivity contribution < 1.29 is 22.3 Å². The summed E-state index contributed by atoms with van der Waals surface area (Å²) < 4.78 is 56.0. The van der Waals surface area contributed by atoms with Crippen molar-refractivity contribution in [1.29, 1.82) is 0 Å². The summed E-state index contributed by atoms with van der Waals surface area (Å²) in [6, 6.07) is 3.02. The predicted octanol–water partition coefficient (Wildman–Crippen LogP) is 3.87. The molecule has 6 heteroatoms. The van der Waals surface area contributed by atoms with Gasteiger partial charge in [-0.05, 0) is 24.1 Å². The minimum atomic E-state index is -4.68. The van der Waals surface area contributed by atoms with E-state index >= 15 is 0 Å². The Hall–Kier alpha value is -1.40. The van der Waals surface area contributed by atoms with Gasteiger partial charge in [0.25, 0.3) is 0 Å². The van der Waals surface area contributed by atoms with E-state index < -0.39 is 17.6 Å². The fourth-order valence-corrected chi connectivity index (χ4v) is 1.79. The molecule has 0 aliphatic carbocycles. The van der Waals surface area contributed by atoms with Crippen molar-refractivity contribution in [2.24, 2.45) is 0 Å². The molecule has 118 valence electrons. The molecule has 0 aliphatic heterocycles. The van der Waals surface area contributed by atoms with Crippen LogP contribution in [0.25, 0.3) is 6.08 Å². The zero-order valence-electron chi connectivity index (χ0n) is 12.1. The monoisotopic (exact) mass is 305 g/mol. The third-order valence-electron chi connectivity index (χ3n) is 2.96. The zero-order chi connectivity index (χ0) is 15.9. The maximum absolute atomic E-state index is 13.2. The lowest BCUT2D eigenvalue weighted by Crippen LogP contribution is -2.21. The molecule has 0 aliphatic rings. The lowest BCUT2D eigenvalue weighted by Gasteiger charge is -2.10. The molecule has 2 nitrogen and oxygen atoms in total. The van der Waals surface area contributed by atoms with Gasteiger partial charge < -0.3 is 10.1 Å². The molecular weight excluding hydrogens is 286 g/mol. The topological polar surface area (TPSA) is 21.3 Å². The van der Waals surface area contributed by atoms with Gasteiger partial charge in [0, 0.05) is 20.2 Å². The Kier molecular flexibility index (Phi) is 6.84. The maximum Gasteiger partial charge on any atom is 0.419 e. The van der Waals surface area contributed by atoms with Crippen molar-refractivity contribution in [3.05, 3.63) is 40.7 Å². The molecule has 0 amide bonds. The van der Waals surface area contributed by atoms with Gasteiger partial charge >= 0.3 is 6.18 Å². The number of alkyl halides is 3. The van der Waals surface area contributed by atoms with Crippen LogP contribution in [-0.4, -0.2) is 26.8 Å². The molecule has 1 aromatic rings. The standard InChI is InChI=1S/C15H19F4NO/c1-3-11(10-20-6-7-21-2)8-12-4-5-14(16)13(9-12)15(17,18)19/h4-5,8-9,20H,3,6-7,10H2,1-2H3/b11-8-. The molecule has 0 saturated carbocycles. The van der Waals surface area contributed by atoms with E-state index in [-0.39, 0.29) is 0 Å². The smallest absolute Gasteiger partial charge is 0.383 e. The van der Waals surface area contributed by atoms with Crippen LogP contribution >= 0.6 is 0 Å². The van der Waals surface area contributed by atoms with E-state index in [2.05, 4.69) is 5.32 Å². The molecule has 0 atom stereocenters. The van der Waals surface area contributed by atoms with E-state index in [1.165, 1.54) is 6.07 Å². The summed E-state index contributed by atoms with van der Waals surface area (Å²) in [5, 5.41) is 3.12. The van der Waals surface area contributed by atoms with Gasteiger partial charge in [-0.1, -0.05) is 24.6 Å². The zero-order valence-corrected chi connectivity index (χ0v) is 12.1. The second kappa shape index (κ2) is 8.14. The van der Waals surface area contributed by atoms with Crippen molar-refractivity contribution in [2.45, 2.75) is 19.5 Å². The van der Waals surface area contributed by atoms with Crippen LogP contribution in [0.1, 0.15) is 24.5 Å². The highest BCUT2D eigenvalue weighted by Gasteiger charge is 2.34. The lowest BCUT2D eigenvalue weighted by molar-refractivity contribution is -0.140. The van der Waals surface area contributed by atoms with Crippen LogP contribution in [0.3, 0.4) is 0 Å². The highest BCUT2D eigenvalue weighted by atomic mass is 19.4. The van der Waals surface area contributed by atoms with E-state index in [4.69, 9.17) is 4.74 Å². The molecule has 21 heavy (non-hydrogen) atoms. The summed E-state index contributed by atoms with van der Waals surface area (Å²) >= 11 is 0. The first-order valence-corrected chi connectivity index (χ1v) is 6.64. The number of nitrogens with one attached hydrogen (secondary N) is 1. The minimum absolute atomic E-state index is 0.342. The summed E-state index contributed by atoms with van der Waals surface area (Å²) in [6.45, 7) is 3.69. The second-order valence-electron chi connectivity index (χ2n) is 4.56. The number of hydrogen-bond donors (Lipinski definition) is 1. The van der Waals surface area contributed by atoms with Crippen LogP contribution in [0.4, 0.5) is 17.6 Å². The Morgan fingerprint density at radius 1 is 1.33 bits per heavy atom. The highest BCUT2D eigenvalue weighted by Crippen LogP contribution is 2.32. The molecule has 0 unspecified atom stereocenters. The van der Waals surface area contributed by atoms with Gasteiger partial charge in [-0.3, -0.25) is 0 Å². The van der Waals surface area contributed by atoms with Gasteiger partial charge in [0.1, 0.15) is 5.82 Å². The van der Waals surface area contributed by atoms with E-state index in [0.717, 1.165) is 17.7 Å². The second-order valence-corrected chi connectivity index (χ2v) is 4.56. The lowest BCUT2D eigenvalue weighted by atomic mass is 10.1. The summed E-state index contributed by atoms with van der Waals surface area (Å²) in [7, 11) is 1.59. The summed E-state index contributed by atoms with van der Waals surface area (Å²) in [5.74, 6) is -1.25. The highest BCUT2D eigenvalue weighted by molar-refractivity contribution is 5.54. The van der Waals surface area contributed by atoms with Gasteiger partial charge in [-0.15, -0.1) is 0 Å². The summed E-state index contributed by atoms with van der Waals surface area (Å²) in [5.41, 5.74) is 0.0407.